The summed E-state index contributed by atoms with van der Waals surface area (Å²) in [6, 6.07) is 15.8. The molecule has 2 aromatic heterocycles. The molecular weight excluding hydrogens is 400 g/mol. The Hall–Kier alpha value is -3.74. The van der Waals surface area contributed by atoms with E-state index in [1.807, 2.05) is 53.0 Å². The topological polar surface area (TPSA) is 67.2 Å². The number of amides is 1. The third kappa shape index (κ3) is 3.60. The van der Waals surface area contributed by atoms with Crippen LogP contribution in [-0.2, 0) is 0 Å². The van der Waals surface area contributed by atoms with Crippen molar-refractivity contribution in [1.82, 2.24) is 24.6 Å². The average Bonchev–Trinajstić information content (AvgIpc) is 3.22. The molecule has 1 amide bonds. The largest absolute Gasteiger partial charge is 0.352 e. The summed E-state index contributed by atoms with van der Waals surface area (Å²) in [6.07, 6.45) is 1.85. The molecule has 32 heavy (non-hydrogen) atoms. The van der Waals surface area contributed by atoms with E-state index in [0.717, 1.165) is 46.8 Å². The van der Waals surface area contributed by atoms with Crippen molar-refractivity contribution in [2.45, 2.75) is 20.8 Å². The Morgan fingerprint density at radius 1 is 0.906 bits per heavy atom. The van der Waals surface area contributed by atoms with Crippen LogP contribution in [0.5, 0.6) is 0 Å². The van der Waals surface area contributed by atoms with Gasteiger partial charge in [0.05, 0.1) is 17.3 Å². The van der Waals surface area contributed by atoms with Crippen LogP contribution in [0, 0.1) is 20.8 Å². The zero-order valence-corrected chi connectivity index (χ0v) is 18.6. The van der Waals surface area contributed by atoms with E-state index < -0.39 is 0 Å². The quantitative estimate of drug-likeness (QED) is 0.500. The smallest absolute Gasteiger partial charge is 0.253 e. The number of anilines is 1. The number of aromatic nitrogens is 4. The second-order valence-electron chi connectivity index (χ2n) is 8.32. The Morgan fingerprint density at radius 3 is 2.38 bits per heavy atom. The van der Waals surface area contributed by atoms with Crippen LogP contribution in [-0.4, -0.2) is 56.7 Å². The van der Waals surface area contributed by atoms with Crippen molar-refractivity contribution in [3.63, 3.8) is 0 Å². The van der Waals surface area contributed by atoms with E-state index in [1.165, 1.54) is 5.56 Å². The molecular formula is C25H26N6O. The molecule has 1 fully saturated rings. The van der Waals surface area contributed by atoms with Gasteiger partial charge in [-0.2, -0.15) is 5.10 Å². The Kier molecular flexibility index (Phi) is 5.09. The Bertz CT molecular complexity index is 1290. The second-order valence-corrected chi connectivity index (χ2v) is 8.32. The number of carbonyl (C=O) groups excluding carboxylic acids is 1. The van der Waals surface area contributed by atoms with E-state index in [4.69, 9.17) is 9.97 Å². The van der Waals surface area contributed by atoms with Crippen LogP contribution >= 0.6 is 0 Å². The number of carbonyl (C=O) groups is 1. The van der Waals surface area contributed by atoms with Gasteiger partial charge in [0.1, 0.15) is 11.6 Å². The van der Waals surface area contributed by atoms with E-state index in [-0.39, 0.29) is 5.91 Å². The highest BCUT2D eigenvalue weighted by molar-refractivity contribution is 5.94. The Balaban J connectivity index is 1.43. The van der Waals surface area contributed by atoms with E-state index in [1.54, 1.807) is 0 Å². The van der Waals surface area contributed by atoms with Crippen molar-refractivity contribution in [3.8, 4) is 5.69 Å². The summed E-state index contributed by atoms with van der Waals surface area (Å²) in [5.41, 5.74) is 4.93. The molecule has 0 saturated carbocycles. The molecule has 7 heteroatoms. The first-order chi connectivity index (χ1) is 15.5. The summed E-state index contributed by atoms with van der Waals surface area (Å²) >= 11 is 0. The normalized spacial score (nSPS) is 14.2. The molecule has 162 valence electrons. The number of benzene rings is 2. The van der Waals surface area contributed by atoms with Crippen LogP contribution < -0.4 is 4.90 Å². The van der Waals surface area contributed by atoms with Gasteiger partial charge in [0.2, 0.25) is 0 Å². The summed E-state index contributed by atoms with van der Waals surface area (Å²) < 4.78 is 1.90. The van der Waals surface area contributed by atoms with Crippen molar-refractivity contribution in [2.24, 2.45) is 0 Å². The monoisotopic (exact) mass is 426 g/mol. The summed E-state index contributed by atoms with van der Waals surface area (Å²) in [4.78, 5) is 26.4. The summed E-state index contributed by atoms with van der Waals surface area (Å²) in [5, 5.41) is 5.59. The summed E-state index contributed by atoms with van der Waals surface area (Å²) in [5.74, 6) is 1.68. The van der Waals surface area contributed by atoms with Crippen molar-refractivity contribution >= 4 is 22.8 Å². The third-order valence-electron chi connectivity index (χ3n) is 5.99. The molecule has 1 aliphatic rings. The van der Waals surface area contributed by atoms with Gasteiger partial charge in [-0.25, -0.2) is 14.6 Å². The predicted molar refractivity (Wildman–Crippen MR) is 125 cm³/mol. The number of hydrogen-bond acceptors (Lipinski definition) is 5. The minimum Gasteiger partial charge on any atom is -0.352 e. The molecule has 0 bridgehead atoms. The van der Waals surface area contributed by atoms with Gasteiger partial charge in [0.15, 0.2) is 5.65 Å². The van der Waals surface area contributed by atoms with Crippen LogP contribution in [0.25, 0.3) is 16.7 Å². The number of hydrogen-bond donors (Lipinski definition) is 0. The number of rotatable bonds is 3. The first-order valence-corrected chi connectivity index (χ1v) is 10.9. The highest BCUT2D eigenvalue weighted by atomic mass is 16.2. The number of nitrogens with zero attached hydrogens (tertiary/aromatic N) is 6. The molecule has 0 spiro atoms. The van der Waals surface area contributed by atoms with E-state index >= 15 is 0 Å². The van der Waals surface area contributed by atoms with E-state index in [2.05, 4.69) is 42.0 Å². The lowest BCUT2D eigenvalue weighted by molar-refractivity contribution is 0.0746. The highest BCUT2D eigenvalue weighted by Gasteiger charge is 2.25. The fourth-order valence-corrected chi connectivity index (χ4v) is 4.34. The van der Waals surface area contributed by atoms with Gasteiger partial charge in [-0.3, -0.25) is 4.79 Å². The molecule has 0 aliphatic carbocycles. The molecule has 5 rings (SSSR count). The van der Waals surface area contributed by atoms with Crippen LogP contribution in [0.3, 0.4) is 0 Å². The standard InChI is InChI=1S/C25H26N6O/c1-17-9-10-22(18(2)15-17)31-24-21(16-26-31)23(27-19(3)28-24)29-11-13-30(14-12-29)25(32)20-7-5-4-6-8-20/h4-10,15-16H,11-14H2,1-3H3. The zero-order chi connectivity index (χ0) is 22.2. The van der Waals surface area contributed by atoms with Gasteiger partial charge in [-0.05, 0) is 44.5 Å². The first kappa shape index (κ1) is 20.2. The molecule has 3 heterocycles. The molecule has 0 radical (unpaired) electrons. The van der Waals surface area contributed by atoms with Crippen LogP contribution in [0.1, 0.15) is 27.3 Å². The minimum atomic E-state index is 0.0805. The minimum absolute atomic E-state index is 0.0805. The zero-order valence-electron chi connectivity index (χ0n) is 18.6. The molecule has 7 nitrogen and oxygen atoms in total. The van der Waals surface area contributed by atoms with E-state index in [9.17, 15) is 4.79 Å². The first-order valence-electron chi connectivity index (χ1n) is 10.9. The van der Waals surface area contributed by atoms with Crippen molar-refractivity contribution in [2.75, 3.05) is 31.1 Å². The van der Waals surface area contributed by atoms with Crippen LogP contribution in [0.2, 0.25) is 0 Å². The summed E-state index contributed by atoms with van der Waals surface area (Å²) in [7, 11) is 0. The van der Waals surface area contributed by atoms with Crippen molar-refractivity contribution in [1.29, 1.82) is 0 Å². The van der Waals surface area contributed by atoms with Crippen molar-refractivity contribution in [3.05, 3.63) is 77.2 Å². The maximum absolute atomic E-state index is 12.8. The van der Waals surface area contributed by atoms with Gasteiger partial charge in [-0.1, -0.05) is 35.9 Å². The molecule has 0 unspecified atom stereocenters. The SMILES string of the molecule is Cc1ccc(-n2ncc3c(N4CCN(C(=O)c5ccccc5)CC4)nc(C)nc32)c(C)c1. The molecule has 2 aromatic carbocycles. The highest BCUT2D eigenvalue weighted by Crippen LogP contribution is 2.28. The molecule has 0 N–H and O–H groups in total. The fourth-order valence-electron chi connectivity index (χ4n) is 4.34. The molecule has 4 aromatic rings. The molecule has 0 atom stereocenters. The number of fused-ring (bicyclic) bond motifs is 1. The lowest BCUT2D eigenvalue weighted by Gasteiger charge is -2.35. The van der Waals surface area contributed by atoms with Gasteiger partial charge < -0.3 is 9.80 Å². The average molecular weight is 427 g/mol. The summed E-state index contributed by atoms with van der Waals surface area (Å²) in [6.45, 7) is 8.85. The fraction of sp³-hybridized carbons (Fsp3) is 0.280. The van der Waals surface area contributed by atoms with Crippen LogP contribution in [0.4, 0.5) is 5.82 Å². The van der Waals surface area contributed by atoms with Crippen LogP contribution in [0.15, 0.2) is 54.7 Å². The second kappa shape index (κ2) is 8.07. The number of aryl methyl sites for hydroxylation is 3. The van der Waals surface area contributed by atoms with Gasteiger partial charge in [0, 0.05) is 31.7 Å². The third-order valence-corrected chi connectivity index (χ3v) is 5.99. The van der Waals surface area contributed by atoms with Gasteiger partial charge >= 0.3 is 0 Å². The Labute approximate surface area is 187 Å². The van der Waals surface area contributed by atoms with Crippen molar-refractivity contribution < 1.29 is 4.79 Å². The lowest BCUT2D eigenvalue weighted by Crippen LogP contribution is -2.49. The maximum atomic E-state index is 12.8. The van der Waals surface area contributed by atoms with Gasteiger partial charge in [0.25, 0.3) is 5.91 Å². The maximum Gasteiger partial charge on any atom is 0.253 e. The predicted octanol–water partition coefficient (Wildman–Crippen LogP) is 3.70. The molecule has 1 saturated heterocycles. The van der Waals surface area contributed by atoms with Gasteiger partial charge in [-0.15, -0.1) is 0 Å². The Morgan fingerprint density at radius 2 is 1.66 bits per heavy atom. The lowest BCUT2D eigenvalue weighted by atomic mass is 10.1. The molecule has 1 aliphatic heterocycles. The number of piperazine rings is 1. The van der Waals surface area contributed by atoms with E-state index in [0.29, 0.717) is 18.9 Å².